The fourth-order valence-electron chi connectivity index (χ4n) is 3.05. The number of halogens is 2. The van der Waals surface area contributed by atoms with Gasteiger partial charge in [0.25, 0.3) is 5.91 Å². The molecule has 0 spiro atoms. The van der Waals surface area contributed by atoms with Crippen molar-refractivity contribution in [2.45, 2.75) is 37.8 Å². The van der Waals surface area contributed by atoms with Gasteiger partial charge in [-0.15, -0.1) is 0 Å². The highest BCUT2D eigenvalue weighted by Crippen LogP contribution is 2.25. The predicted molar refractivity (Wildman–Crippen MR) is 95.3 cm³/mol. The zero-order chi connectivity index (χ0) is 18.5. The number of pyridine rings is 2. The van der Waals surface area contributed by atoms with Gasteiger partial charge in [0, 0.05) is 18.3 Å². The van der Waals surface area contributed by atoms with Gasteiger partial charge >= 0.3 is 0 Å². The average molecular weight is 374 g/mol. The van der Waals surface area contributed by atoms with Crippen LogP contribution in [-0.4, -0.2) is 28.0 Å². The Morgan fingerprint density at radius 1 is 1.35 bits per heavy atom. The van der Waals surface area contributed by atoms with Gasteiger partial charge in [0.15, 0.2) is 11.6 Å². The minimum absolute atomic E-state index is 0.00105. The summed E-state index contributed by atoms with van der Waals surface area (Å²) in [6.45, 7) is 0. The number of nitriles is 1. The highest BCUT2D eigenvalue weighted by molar-refractivity contribution is 6.30. The molecule has 1 aliphatic carbocycles. The highest BCUT2D eigenvalue weighted by Gasteiger charge is 2.25. The standard InChI is InChI=1S/C18H17ClFN5O/c19-16-11(10-21)8-14(20)17(25-16)23-12-4-3-5-13(9-12)24-18(26)15-6-1-2-7-22-15/h1-2,6-8,12-13H,3-5,9H2,(H,23,25)(H,24,26)/t12-,13+/m0/s1. The molecule has 2 heterocycles. The second-order valence-corrected chi connectivity index (χ2v) is 6.52. The highest BCUT2D eigenvalue weighted by atomic mass is 35.5. The van der Waals surface area contributed by atoms with Crippen molar-refractivity contribution in [1.29, 1.82) is 5.26 Å². The molecule has 1 amide bonds. The topological polar surface area (TPSA) is 90.7 Å². The van der Waals surface area contributed by atoms with Crippen LogP contribution in [0.15, 0.2) is 30.5 Å². The van der Waals surface area contributed by atoms with Gasteiger partial charge in [0.2, 0.25) is 0 Å². The lowest BCUT2D eigenvalue weighted by Crippen LogP contribution is -2.42. The zero-order valence-electron chi connectivity index (χ0n) is 13.9. The summed E-state index contributed by atoms with van der Waals surface area (Å²) in [6, 6.07) is 7.95. The van der Waals surface area contributed by atoms with Crippen LogP contribution >= 0.6 is 11.6 Å². The molecule has 0 unspecified atom stereocenters. The second kappa shape index (κ2) is 8.11. The number of hydrogen-bond acceptors (Lipinski definition) is 5. The van der Waals surface area contributed by atoms with E-state index in [4.69, 9.17) is 16.9 Å². The number of anilines is 1. The van der Waals surface area contributed by atoms with E-state index in [9.17, 15) is 9.18 Å². The van der Waals surface area contributed by atoms with Gasteiger partial charge in [0.1, 0.15) is 16.9 Å². The minimum Gasteiger partial charge on any atom is -0.365 e. The van der Waals surface area contributed by atoms with E-state index >= 15 is 0 Å². The van der Waals surface area contributed by atoms with Gasteiger partial charge in [-0.1, -0.05) is 17.7 Å². The SMILES string of the molecule is N#Cc1cc(F)c(N[C@H]2CCC[C@@H](NC(=O)c3ccccn3)C2)nc1Cl. The average Bonchev–Trinajstić information content (AvgIpc) is 2.65. The molecule has 0 aromatic carbocycles. The lowest BCUT2D eigenvalue weighted by atomic mass is 9.91. The Morgan fingerprint density at radius 3 is 2.88 bits per heavy atom. The Hall–Kier alpha value is -2.72. The van der Waals surface area contributed by atoms with Crippen LogP contribution in [0, 0.1) is 17.1 Å². The first-order chi connectivity index (χ1) is 12.6. The van der Waals surface area contributed by atoms with Gasteiger partial charge in [-0.05, 0) is 43.9 Å². The Bertz CT molecular complexity index is 839. The summed E-state index contributed by atoms with van der Waals surface area (Å²) in [6.07, 6.45) is 4.77. The van der Waals surface area contributed by atoms with Gasteiger partial charge in [-0.2, -0.15) is 5.26 Å². The van der Waals surface area contributed by atoms with Crippen LogP contribution in [0.25, 0.3) is 0 Å². The summed E-state index contributed by atoms with van der Waals surface area (Å²) >= 11 is 5.88. The maximum absolute atomic E-state index is 14.1. The number of amides is 1. The summed E-state index contributed by atoms with van der Waals surface area (Å²) in [5, 5.41) is 14.8. The first-order valence-corrected chi connectivity index (χ1v) is 8.69. The number of hydrogen-bond donors (Lipinski definition) is 2. The smallest absolute Gasteiger partial charge is 0.270 e. The molecule has 1 saturated carbocycles. The molecule has 1 fully saturated rings. The van der Waals surface area contributed by atoms with Crippen molar-refractivity contribution >= 4 is 23.3 Å². The number of carbonyl (C=O) groups excluding carboxylic acids is 1. The normalized spacial score (nSPS) is 19.4. The molecule has 0 bridgehead atoms. The fraction of sp³-hybridized carbons (Fsp3) is 0.333. The summed E-state index contributed by atoms with van der Waals surface area (Å²) in [5.41, 5.74) is 0.369. The molecule has 3 rings (SSSR count). The Balaban J connectivity index is 1.63. The van der Waals surface area contributed by atoms with Gasteiger partial charge in [0.05, 0.1) is 5.56 Å². The molecular formula is C18H17ClFN5O. The van der Waals surface area contributed by atoms with Crippen LogP contribution in [0.1, 0.15) is 41.7 Å². The van der Waals surface area contributed by atoms with Crippen LogP contribution in [-0.2, 0) is 0 Å². The predicted octanol–water partition coefficient (Wildman–Crippen LogP) is 3.29. The third-order valence-corrected chi connectivity index (χ3v) is 4.59. The van der Waals surface area contributed by atoms with Crippen LogP contribution < -0.4 is 10.6 Å². The molecule has 0 aliphatic heterocycles. The molecule has 134 valence electrons. The first kappa shape index (κ1) is 18.1. The van der Waals surface area contributed by atoms with Crippen LogP contribution in [0.2, 0.25) is 5.15 Å². The maximum atomic E-state index is 14.1. The lowest BCUT2D eigenvalue weighted by molar-refractivity contribution is 0.0921. The van der Waals surface area contributed by atoms with Gasteiger partial charge in [-0.3, -0.25) is 9.78 Å². The molecule has 2 aromatic heterocycles. The molecule has 0 saturated heterocycles. The van der Waals surface area contributed by atoms with E-state index in [2.05, 4.69) is 20.6 Å². The Morgan fingerprint density at radius 2 is 2.15 bits per heavy atom. The van der Waals surface area contributed by atoms with Crippen molar-refractivity contribution in [2.75, 3.05) is 5.32 Å². The van der Waals surface area contributed by atoms with E-state index in [1.807, 2.05) is 0 Å². The minimum atomic E-state index is -0.620. The van der Waals surface area contributed by atoms with Crippen molar-refractivity contribution in [1.82, 2.24) is 15.3 Å². The van der Waals surface area contributed by atoms with Crippen molar-refractivity contribution in [3.8, 4) is 6.07 Å². The monoisotopic (exact) mass is 373 g/mol. The van der Waals surface area contributed by atoms with E-state index in [1.165, 1.54) is 0 Å². The lowest BCUT2D eigenvalue weighted by Gasteiger charge is -2.30. The summed E-state index contributed by atoms with van der Waals surface area (Å²) in [4.78, 5) is 20.2. The number of nitrogens with one attached hydrogen (secondary N) is 2. The first-order valence-electron chi connectivity index (χ1n) is 8.31. The largest absolute Gasteiger partial charge is 0.365 e. The molecule has 2 N–H and O–H groups in total. The number of aromatic nitrogens is 2. The van der Waals surface area contributed by atoms with E-state index < -0.39 is 5.82 Å². The number of nitrogens with zero attached hydrogens (tertiary/aromatic N) is 3. The summed E-state index contributed by atoms with van der Waals surface area (Å²) in [7, 11) is 0. The summed E-state index contributed by atoms with van der Waals surface area (Å²) in [5.74, 6) is -0.816. The zero-order valence-corrected chi connectivity index (χ0v) is 14.6. The molecular weight excluding hydrogens is 357 g/mol. The van der Waals surface area contributed by atoms with Crippen LogP contribution in [0.4, 0.5) is 10.2 Å². The van der Waals surface area contributed by atoms with Crippen LogP contribution in [0.3, 0.4) is 0 Å². The number of carbonyl (C=O) groups is 1. The molecule has 6 nitrogen and oxygen atoms in total. The Kier molecular flexibility index (Phi) is 5.64. The van der Waals surface area contributed by atoms with Crippen molar-refractivity contribution in [2.24, 2.45) is 0 Å². The maximum Gasteiger partial charge on any atom is 0.270 e. The molecule has 0 radical (unpaired) electrons. The quantitative estimate of drug-likeness (QED) is 0.802. The molecule has 8 heteroatoms. The molecule has 2 atom stereocenters. The fourth-order valence-corrected chi connectivity index (χ4v) is 3.23. The molecule has 2 aromatic rings. The van der Waals surface area contributed by atoms with Crippen molar-refractivity contribution in [3.63, 3.8) is 0 Å². The second-order valence-electron chi connectivity index (χ2n) is 6.16. The van der Waals surface area contributed by atoms with E-state index in [-0.39, 0.29) is 34.5 Å². The van der Waals surface area contributed by atoms with Gasteiger partial charge < -0.3 is 10.6 Å². The molecule has 26 heavy (non-hydrogen) atoms. The van der Waals surface area contributed by atoms with Gasteiger partial charge in [-0.25, -0.2) is 9.37 Å². The van der Waals surface area contributed by atoms with E-state index in [1.54, 1.807) is 30.5 Å². The summed E-state index contributed by atoms with van der Waals surface area (Å²) < 4.78 is 14.1. The Labute approximate surface area is 155 Å². The van der Waals surface area contributed by atoms with Crippen molar-refractivity contribution < 1.29 is 9.18 Å². The molecule has 1 aliphatic rings. The van der Waals surface area contributed by atoms with E-state index in [0.29, 0.717) is 12.1 Å². The van der Waals surface area contributed by atoms with Crippen LogP contribution in [0.5, 0.6) is 0 Å². The van der Waals surface area contributed by atoms with Crippen molar-refractivity contribution in [3.05, 3.63) is 52.7 Å². The van der Waals surface area contributed by atoms with E-state index in [0.717, 1.165) is 25.3 Å². The number of rotatable bonds is 4. The third-order valence-electron chi connectivity index (χ3n) is 4.30. The third kappa shape index (κ3) is 4.27.